The summed E-state index contributed by atoms with van der Waals surface area (Å²) >= 11 is 6.87. The fraction of sp³-hybridized carbons (Fsp3) is 0.261. The normalized spacial score (nSPS) is 12.1. The highest BCUT2D eigenvalue weighted by Gasteiger charge is 2.24. The molecule has 3 heterocycles. The Morgan fingerprint density at radius 3 is 2.71 bits per heavy atom. The van der Waals surface area contributed by atoms with Crippen molar-refractivity contribution in [3.05, 3.63) is 84.8 Å². The van der Waals surface area contributed by atoms with E-state index in [0.29, 0.717) is 27.8 Å². The minimum Gasteiger partial charge on any atom is -0.478 e. The molecule has 0 saturated carbocycles. The second-order valence-electron chi connectivity index (χ2n) is 7.86. The van der Waals surface area contributed by atoms with Crippen LogP contribution in [-0.4, -0.2) is 29.2 Å². The smallest absolute Gasteiger partial charge is 0.406 e. The number of rotatable bonds is 8. The fourth-order valence-corrected chi connectivity index (χ4v) is 4.71. The molecule has 12 heteroatoms. The summed E-state index contributed by atoms with van der Waals surface area (Å²) in [7, 11) is 1.81. The van der Waals surface area contributed by atoms with Crippen molar-refractivity contribution in [3.8, 4) is 17.0 Å². The van der Waals surface area contributed by atoms with E-state index in [2.05, 4.69) is 46.9 Å². The number of benzene rings is 1. The zero-order valence-corrected chi connectivity index (χ0v) is 22.2. The van der Waals surface area contributed by atoms with E-state index >= 15 is 0 Å². The number of imidazole rings is 1. The zero-order chi connectivity index (χ0) is 25.3. The monoisotopic (exact) mass is 606 g/mol. The summed E-state index contributed by atoms with van der Waals surface area (Å²) in [6.07, 6.45) is 5.03. The zero-order valence-electron chi connectivity index (χ0n) is 19.1. The first-order valence-corrected chi connectivity index (χ1v) is 12.2. The van der Waals surface area contributed by atoms with Gasteiger partial charge in [0.05, 0.1) is 28.7 Å². The van der Waals surface area contributed by atoms with E-state index in [-0.39, 0.29) is 5.75 Å². The average molecular weight is 608 g/mol. The lowest BCUT2D eigenvalue weighted by Gasteiger charge is -2.18. The van der Waals surface area contributed by atoms with Crippen molar-refractivity contribution in [1.29, 1.82) is 0 Å². The van der Waals surface area contributed by atoms with Crippen LogP contribution >= 0.6 is 31.9 Å². The lowest BCUT2D eigenvalue weighted by atomic mass is 9.98. The highest BCUT2D eigenvalue weighted by molar-refractivity contribution is 9.10. The second-order valence-corrected chi connectivity index (χ2v) is 9.53. The standard InChI is InChI=1S/C23H21Br2FN6O3/c1-4-19-22(25)31(12-28-19)11-14-10-30(3)29-21(14)17-6-5-16(26)8-18(17)13(2)35-20-7-15(24)9-27-23(20)32(33)34/h5-10,12-13H,4,11H2,1-3H3. The Bertz CT molecular complexity index is 1400. The van der Waals surface area contributed by atoms with Gasteiger partial charge in [0.2, 0.25) is 5.75 Å². The van der Waals surface area contributed by atoms with Crippen LogP contribution in [0.25, 0.3) is 11.3 Å². The van der Waals surface area contributed by atoms with Gasteiger partial charge >= 0.3 is 5.82 Å². The van der Waals surface area contributed by atoms with Gasteiger partial charge in [-0.05, 0) is 73.3 Å². The fourth-order valence-electron chi connectivity index (χ4n) is 3.80. The molecular weight excluding hydrogens is 587 g/mol. The van der Waals surface area contributed by atoms with Crippen LogP contribution in [0.2, 0.25) is 0 Å². The molecule has 0 aliphatic rings. The minimum absolute atomic E-state index is 0.0252. The van der Waals surface area contributed by atoms with Crippen LogP contribution < -0.4 is 4.74 Å². The number of aromatic nitrogens is 5. The first-order chi connectivity index (χ1) is 16.7. The molecule has 4 rings (SSSR count). The van der Waals surface area contributed by atoms with Crippen molar-refractivity contribution < 1.29 is 14.1 Å². The molecule has 0 bridgehead atoms. The molecule has 1 aromatic carbocycles. The molecular formula is C23H21Br2FN6O3. The van der Waals surface area contributed by atoms with Crippen molar-refractivity contribution in [2.24, 2.45) is 7.05 Å². The van der Waals surface area contributed by atoms with E-state index in [1.807, 2.05) is 24.7 Å². The number of nitro groups is 1. The summed E-state index contributed by atoms with van der Waals surface area (Å²) in [6.45, 7) is 4.22. The Balaban J connectivity index is 1.74. The number of pyridine rings is 1. The maximum absolute atomic E-state index is 14.4. The predicted octanol–water partition coefficient (Wildman–Crippen LogP) is 6.00. The maximum atomic E-state index is 14.4. The van der Waals surface area contributed by atoms with Gasteiger partial charge in [-0.25, -0.2) is 9.37 Å². The molecule has 1 unspecified atom stereocenters. The molecule has 0 fully saturated rings. The van der Waals surface area contributed by atoms with Crippen LogP contribution in [-0.2, 0) is 20.0 Å². The number of ether oxygens (including phenoxy) is 1. The Morgan fingerprint density at radius 2 is 2.03 bits per heavy atom. The first kappa shape index (κ1) is 25.0. The van der Waals surface area contributed by atoms with Crippen LogP contribution in [0, 0.1) is 15.9 Å². The summed E-state index contributed by atoms with van der Waals surface area (Å²) in [6, 6.07) is 5.83. The molecule has 0 radical (unpaired) electrons. The molecule has 9 nitrogen and oxygen atoms in total. The van der Waals surface area contributed by atoms with E-state index in [0.717, 1.165) is 22.3 Å². The molecule has 35 heavy (non-hydrogen) atoms. The summed E-state index contributed by atoms with van der Waals surface area (Å²) in [5, 5.41) is 16.1. The van der Waals surface area contributed by atoms with Gasteiger partial charge in [0.15, 0.2) is 6.20 Å². The molecule has 3 aromatic heterocycles. The Kier molecular flexibility index (Phi) is 7.31. The topological polar surface area (TPSA) is 101 Å². The highest BCUT2D eigenvalue weighted by atomic mass is 79.9. The molecule has 0 amide bonds. The number of hydrogen-bond donors (Lipinski definition) is 0. The van der Waals surface area contributed by atoms with Crippen molar-refractivity contribution in [2.45, 2.75) is 32.9 Å². The number of halogens is 3. The third-order valence-electron chi connectivity index (χ3n) is 5.41. The van der Waals surface area contributed by atoms with Gasteiger partial charge in [-0.15, -0.1) is 0 Å². The van der Waals surface area contributed by atoms with Crippen molar-refractivity contribution in [3.63, 3.8) is 0 Å². The minimum atomic E-state index is -0.739. The molecule has 0 spiro atoms. The highest BCUT2D eigenvalue weighted by Crippen LogP contribution is 2.36. The van der Waals surface area contributed by atoms with Crippen LogP contribution in [0.15, 0.2) is 52.1 Å². The van der Waals surface area contributed by atoms with Gasteiger partial charge in [-0.2, -0.15) is 5.10 Å². The number of nitrogens with zero attached hydrogens (tertiary/aromatic N) is 6. The Morgan fingerprint density at radius 1 is 1.26 bits per heavy atom. The van der Waals surface area contributed by atoms with Crippen molar-refractivity contribution in [1.82, 2.24) is 24.3 Å². The van der Waals surface area contributed by atoms with E-state index in [4.69, 9.17) is 4.74 Å². The van der Waals surface area contributed by atoms with Gasteiger partial charge < -0.3 is 19.4 Å². The lowest BCUT2D eigenvalue weighted by molar-refractivity contribution is -0.390. The third-order valence-corrected chi connectivity index (χ3v) is 6.75. The predicted molar refractivity (Wildman–Crippen MR) is 135 cm³/mol. The summed E-state index contributed by atoms with van der Waals surface area (Å²) < 4.78 is 25.4. The van der Waals surface area contributed by atoms with E-state index in [9.17, 15) is 14.5 Å². The van der Waals surface area contributed by atoms with Crippen molar-refractivity contribution in [2.75, 3.05) is 0 Å². The maximum Gasteiger partial charge on any atom is 0.406 e. The van der Waals surface area contributed by atoms with Crippen LogP contribution in [0.5, 0.6) is 5.75 Å². The quantitative estimate of drug-likeness (QED) is 0.180. The van der Waals surface area contributed by atoms with Gasteiger partial charge in [0, 0.05) is 36.0 Å². The van der Waals surface area contributed by atoms with Crippen LogP contribution in [0.3, 0.4) is 0 Å². The van der Waals surface area contributed by atoms with E-state index in [1.165, 1.54) is 24.4 Å². The number of aryl methyl sites for hydroxylation is 2. The molecule has 0 saturated heterocycles. The molecule has 182 valence electrons. The largest absolute Gasteiger partial charge is 0.478 e. The van der Waals surface area contributed by atoms with Gasteiger partial charge in [-0.1, -0.05) is 6.92 Å². The average Bonchev–Trinajstić information content (AvgIpc) is 3.35. The van der Waals surface area contributed by atoms with Gasteiger partial charge in [-0.3, -0.25) is 4.68 Å². The van der Waals surface area contributed by atoms with Crippen LogP contribution in [0.1, 0.15) is 36.8 Å². The van der Waals surface area contributed by atoms with E-state index < -0.39 is 22.7 Å². The third kappa shape index (κ3) is 5.27. The molecule has 0 aliphatic carbocycles. The SMILES string of the molecule is CCc1ncn(Cc2cn(C)nc2-c2ccc(F)cc2C(C)Oc2cc(Br)cnc2[N+](=O)[O-])c1Br. The Labute approximate surface area is 217 Å². The summed E-state index contributed by atoms with van der Waals surface area (Å²) in [5.41, 5.74) is 3.65. The second kappa shape index (κ2) is 10.2. The first-order valence-electron chi connectivity index (χ1n) is 10.7. The Hall–Kier alpha value is -3.12. The molecule has 4 aromatic rings. The molecule has 1 atom stereocenters. The number of hydrogen-bond acceptors (Lipinski definition) is 6. The van der Waals surface area contributed by atoms with E-state index in [1.54, 1.807) is 24.0 Å². The molecule has 0 aliphatic heterocycles. The van der Waals surface area contributed by atoms with Crippen molar-refractivity contribution >= 4 is 37.7 Å². The summed E-state index contributed by atoms with van der Waals surface area (Å²) in [4.78, 5) is 19.1. The van der Waals surface area contributed by atoms with Crippen LogP contribution in [0.4, 0.5) is 10.2 Å². The lowest BCUT2D eigenvalue weighted by Crippen LogP contribution is -2.09. The summed E-state index contributed by atoms with van der Waals surface area (Å²) in [5.74, 6) is -0.903. The van der Waals surface area contributed by atoms with Gasteiger partial charge in [0.1, 0.15) is 16.5 Å². The molecule has 0 N–H and O–H groups in total. The van der Waals surface area contributed by atoms with Gasteiger partial charge in [0.25, 0.3) is 0 Å².